The fourth-order valence-corrected chi connectivity index (χ4v) is 2.20. The number of benzene rings is 1. The molecule has 0 aliphatic rings. The van der Waals surface area contributed by atoms with Crippen molar-refractivity contribution in [3.63, 3.8) is 0 Å². The van der Waals surface area contributed by atoms with Crippen LogP contribution in [0.2, 0.25) is 5.02 Å². The third-order valence-corrected chi connectivity index (χ3v) is 3.31. The summed E-state index contributed by atoms with van der Waals surface area (Å²) in [5.41, 5.74) is 1.28. The first-order valence-electron chi connectivity index (χ1n) is 6.80. The number of methoxy groups -OCH3 is 2. The standard InChI is InChI=1S/C15H24ClNO2/c1-18-11-10-17-9-5-3-4-6-13-7-8-15(19-2)14(16)12-13/h7-8,12,17H,3-6,9-11H2,1-2H3. The summed E-state index contributed by atoms with van der Waals surface area (Å²) < 4.78 is 10.1. The van der Waals surface area contributed by atoms with Crippen LogP contribution in [0.25, 0.3) is 0 Å². The van der Waals surface area contributed by atoms with Gasteiger partial charge in [-0.05, 0) is 43.5 Å². The number of hydrogen-bond donors (Lipinski definition) is 1. The van der Waals surface area contributed by atoms with Gasteiger partial charge in [-0.15, -0.1) is 0 Å². The van der Waals surface area contributed by atoms with Gasteiger partial charge in [0, 0.05) is 13.7 Å². The van der Waals surface area contributed by atoms with Gasteiger partial charge in [0.25, 0.3) is 0 Å². The Morgan fingerprint density at radius 1 is 1.11 bits per heavy atom. The quantitative estimate of drug-likeness (QED) is 0.669. The monoisotopic (exact) mass is 285 g/mol. The first-order chi connectivity index (χ1) is 9.27. The summed E-state index contributed by atoms with van der Waals surface area (Å²) in [6.07, 6.45) is 4.69. The molecule has 1 rings (SSSR count). The molecule has 19 heavy (non-hydrogen) atoms. The lowest BCUT2D eigenvalue weighted by Crippen LogP contribution is -2.20. The molecule has 1 N–H and O–H groups in total. The second kappa shape index (κ2) is 10.1. The molecular weight excluding hydrogens is 262 g/mol. The number of aryl methyl sites for hydroxylation is 1. The highest BCUT2D eigenvalue weighted by Crippen LogP contribution is 2.25. The Morgan fingerprint density at radius 2 is 1.95 bits per heavy atom. The fourth-order valence-electron chi connectivity index (χ4n) is 1.92. The van der Waals surface area contributed by atoms with Crippen LogP contribution in [-0.2, 0) is 11.2 Å². The molecule has 0 saturated heterocycles. The zero-order chi connectivity index (χ0) is 13.9. The van der Waals surface area contributed by atoms with E-state index in [-0.39, 0.29) is 0 Å². The Kier molecular flexibility index (Phi) is 8.63. The molecule has 0 aliphatic heterocycles. The molecule has 4 heteroatoms. The van der Waals surface area contributed by atoms with E-state index >= 15 is 0 Å². The smallest absolute Gasteiger partial charge is 0.137 e. The molecule has 0 amide bonds. The fraction of sp³-hybridized carbons (Fsp3) is 0.600. The van der Waals surface area contributed by atoms with Crippen LogP contribution in [0.1, 0.15) is 24.8 Å². The molecule has 1 aromatic carbocycles. The van der Waals surface area contributed by atoms with Gasteiger partial charge < -0.3 is 14.8 Å². The molecule has 0 spiro atoms. The van der Waals surface area contributed by atoms with Crippen molar-refractivity contribution in [2.75, 3.05) is 33.9 Å². The van der Waals surface area contributed by atoms with Gasteiger partial charge in [-0.2, -0.15) is 0 Å². The molecule has 0 heterocycles. The van der Waals surface area contributed by atoms with Gasteiger partial charge in [0.15, 0.2) is 0 Å². The molecule has 0 unspecified atom stereocenters. The van der Waals surface area contributed by atoms with Crippen LogP contribution in [0.15, 0.2) is 18.2 Å². The van der Waals surface area contributed by atoms with E-state index in [9.17, 15) is 0 Å². The highest BCUT2D eigenvalue weighted by molar-refractivity contribution is 6.32. The maximum atomic E-state index is 6.09. The first kappa shape index (κ1) is 16.3. The van der Waals surface area contributed by atoms with Crippen molar-refractivity contribution in [3.05, 3.63) is 28.8 Å². The van der Waals surface area contributed by atoms with Crippen LogP contribution in [0.5, 0.6) is 5.75 Å². The maximum absolute atomic E-state index is 6.09. The second-order valence-electron chi connectivity index (χ2n) is 4.52. The van der Waals surface area contributed by atoms with Crippen LogP contribution < -0.4 is 10.1 Å². The zero-order valence-corrected chi connectivity index (χ0v) is 12.6. The Balaban J connectivity index is 2.11. The normalized spacial score (nSPS) is 10.7. The topological polar surface area (TPSA) is 30.5 Å². The minimum Gasteiger partial charge on any atom is -0.495 e. The van der Waals surface area contributed by atoms with E-state index < -0.39 is 0 Å². The van der Waals surface area contributed by atoms with E-state index in [1.165, 1.54) is 24.8 Å². The zero-order valence-electron chi connectivity index (χ0n) is 11.9. The molecule has 0 fully saturated rings. The number of hydrogen-bond acceptors (Lipinski definition) is 3. The summed E-state index contributed by atoms with van der Waals surface area (Å²) in [5.74, 6) is 0.743. The Morgan fingerprint density at radius 3 is 2.63 bits per heavy atom. The Hall–Kier alpha value is -0.770. The second-order valence-corrected chi connectivity index (χ2v) is 4.93. The third kappa shape index (κ3) is 6.81. The molecule has 1 aromatic rings. The van der Waals surface area contributed by atoms with Gasteiger partial charge in [-0.3, -0.25) is 0 Å². The van der Waals surface area contributed by atoms with Gasteiger partial charge in [0.2, 0.25) is 0 Å². The van der Waals surface area contributed by atoms with Crippen molar-refractivity contribution in [2.24, 2.45) is 0 Å². The molecule has 0 saturated carbocycles. The van der Waals surface area contributed by atoms with Gasteiger partial charge in [-0.25, -0.2) is 0 Å². The van der Waals surface area contributed by atoms with Crippen molar-refractivity contribution >= 4 is 11.6 Å². The van der Waals surface area contributed by atoms with E-state index in [0.29, 0.717) is 5.02 Å². The molecule has 0 aromatic heterocycles. The van der Waals surface area contributed by atoms with Gasteiger partial charge in [0.1, 0.15) is 5.75 Å². The van der Waals surface area contributed by atoms with E-state index in [1.807, 2.05) is 12.1 Å². The lowest BCUT2D eigenvalue weighted by Gasteiger charge is -2.06. The summed E-state index contributed by atoms with van der Waals surface area (Å²) in [6, 6.07) is 6.02. The number of nitrogens with one attached hydrogen (secondary N) is 1. The van der Waals surface area contributed by atoms with Crippen LogP contribution in [0.3, 0.4) is 0 Å². The minimum atomic E-state index is 0.696. The van der Waals surface area contributed by atoms with Crippen molar-refractivity contribution in [1.82, 2.24) is 5.32 Å². The van der Waals surface area contributed by atoms with Gasteiger partial charge in [0.05, 0.1) is 18.7 Å². The van der Waals surface area contributed by atoms with E-state index in [2.05, 4.69) is 11.4 Å². The molecular formula is C15H24ClNO2. The van der Waals surface area contributed by atoms with Crippen LogP contribution in [0.4, 0.5) is 0 Å². The van der Waals surface area contributed by atoms with Crippen molar-refractivity contribution in [1.29, 1.82) is 0 Å². The lowest BCUT2D eigenvalue weighted by molar-refractivity contribution is 0.199. The third-order valence-electron chi connectivity index (χ3n) is 3.02. The molecule has 108 valence electrons. The molecule has 3 nitrogen and oxygen atoms in total. The molecule has 0 atom stereocenters. The highest BCUT2D eigenvalue weighted by Gasteiger charge is 2.01. The van der Waals surface area contributed by atoms with Crippen molar-refractivity contribution < 1.29 is 9.47 Å². The maximum Gasteiger partial charge on any atom is 0.137 e. The van der Waals surface area contributed by atoms with Gasteiger partial charge in [-0.1, -0.05) is 24.1 Å². The largest absolute Gasteiger partial charge is 0.495 e. The average molecular weight is 286 g/mol. The first-order valence-corrected chi connectivity index (χ1v) is 7.17. The number of halogens is 1. The Bertz CT molecular complexity index is 358. The number of ether oxygens (including phenoxy) is 2. The highest BCUT2D eigenvalue weighted by atomic mass is 35.5. The van der Waals surface area contributed by atoms with Crippen LogP contribution >= 0.6 is 11.6 Å². The molecule has 0 bridgehead atoms. The van der Waals surface area contributed by atoms with Crippen LogP contribution in [-0.4, -0.2) is 33.9 Å². The van der Waals surface area contributed by atoms with Gasteiger partial charge >= 0.3 is 0 Å². The number of unbranched alkanes of at least 4 members (excludes halogenated alkanes) is 2. The van der Waals surface area contributed by atoms with E-state index in [0.717, 1.165) is 31.9 Å². The van der Waals surface area contributed by atoms with E-state index in [4.69, 9.17) is 21.1 Å². The van der Waals surface area contributed by atoms with Crippen molar-refractivity contribution in [3.8, 4) is 5.75 Å². The minimum absolute atomic E-state index is 0.696. The van der Waals surface area contributed by atoms with Crippen molar-refractivity contribution in [2.45, 2.75) is 25.7 Å². The summed E-state index contributed by atoms with van der Waals surface area (Å²) >= 11 is 6.09. The lowest BCUT2D eigenvalue weighted by atomic mass is 10.1. The predicted molar refractivity (Wildman–Crippen MR) is 80.3 cm³/mol. The number of rotatable bonds is 10. The average Bonchev–Trinajstić information content (AvgIpc) is 2.42. The summed E-state index contributed by atoms with van der Waals surface area (Å²) in [4.78, 5) is 0. The molecule has 0 aliphatic carbocycles. The Labute approximate surface area is 121 Å². The predicted octanol–water partition coefficient (Wildman–Crippen LogP) is 3.30. The van der Waals surface area contributed by atoms with E-state index in [1.54, 1.807) is 14.2 Å². The summed E-state index contributed by atoms with van der Waals surface area (Å²) in [6.45, 7) is 2.78. The summed E-state index contributed by atoms with van der Waals surface area (Å²) in [7, 11) is 3.36. The summed E-state index contributed by atoms with van der Waals surface area (Å²) in [5, 5.41) is 4.04. The molecule has 0 radical (unpaired) electrons. The SMILES string of the molecule is COCCNCCCCCc1ccc(OC)c(Cl)c1. The van der Waals surface area contributed by atoms with Crippen LogP contribution in [0, 0.1) is 0 Å².